The van der Waals surface area contributed by atoms with Crippen LogP contribution in [0.15, 0.2) is 34.7 Å². The Hall–Kier alpha value is -2.30. The molecule has 2 heterocycles. The highest BCUT2D eigenvalue weighted by Crippen LogP contribution is 2.29. The van der Waals surface area contributed by atoms with Gasteiger partial charge in [0.1, 0.15) is 11.3 Å². The van der Waals surface area contributed by atoms with E-state index in [1.807, 2.05) is 63.1 Å². The van der Waals surface area contributed by atoms with Crippen LogP contribution in [0.25, 0.3) is 11.0 Å². The second-order valence-corrected chi connectivity index (χ2v) is 7.57. The molecule has 1 atom stereocenters. The number of fused-ring (bicyclic) bond motifs is 1. The summed E-state index contributed by atoms with van der Waals surface area (Å²) in [6.07, 6.45) is 1.46. The van der Waals surface area contributed by atoms with Crippen LogP contribution in [0.4, 0.5) is 0 Å². The molecule has 140 valence electrons. The number of rotatable bonds is 4. The Morgan fingerprint density at radius 3 is 2.42 bits per heavy atom. The third-order valence-corrected chi connectivity index (χ3v) is 5.43. The van der Waals surface area contributed by atoms with Crippen molar-refractivity contribution in [3.05, 3.63) is 36.1 Å². The van der Waals surface area contributed by atoms with Crippen molar-refractivity contribution in [1.29, 1.82) is 0 Å². The first-order chi connectivity index (χ1) is 12.4. The zero-order valence-electron chi connectivity index (χ0n) is 16.1. The summed E-state index contributed by atoms with van der Waals surface area (Å²) in [6, 6.07) is 9.76. The Balaban J connectivity index is 1.63. The summed E-state index contributed by atoms with van der Waals surface area (Å²) in [5.41, 5.74) is 0.843. The third-order valence-electron chi connectivity index (χ3n) is 5.43. The van der Waals surface area contributed by atoms with Gasteiger partial charge in [0.25, 0.3) is 0 Å². The normalized spacial score (nSPS) is 16.9. The van der Waals surface area contributed by atoms with E-state index in [0.29, 0.717) is 13.1 Å². The number of nitrogens with zero attached hydrogens (tertiary/aromatic N) is 2. The quantitative estimate of drug-likeness (QED) is 0.836. The van der Waals surface area contributed by atoms with Crippen LogP contribution in [0.2, 0.25) is 0 Å². The highest BCUT2D eigenvalue weighted by molar-refractivity contribution is 5.81. The minimum atomic E-state index is -0.120. The molecule has 1 aromatic heterocycles. The van der Waals surface area contributed by atoms with Crippen molar-refractivity contribution in [2.75, 3.05) is 20.1 Å². The van der Waals surface area contributed by atoms with Crippen LogP contribution in [-0.2, 0) is 9.59 Å². The zero-order valence-corrected chi connectivity index (χ0v) is 16.1. The van der Waals surface area contributed by atoms with Gasteiger partial charge in [-0.3, -0.25) is 9.59 Å². The number of furan rings is 1. The molecular formula is C21H28N2O3. The van der Waals surface area contributed by atoms with E-state index >= 15 is 0 Å². The van der Waals surface area contributed by atoms with Gasteiger partial charge in [0.15, 0.2) is 0 Å². The minimum Gasteiger partial charge on any atom is -0.459 e. The van der Waals surface area contributed by atoms with Crippen molar-refractivity contribution >= 4 is 22.8 Å². The van der Waals surface area contributed by atoms with E-state index in [0.717, 1.165) is 29.6 Å². The van der Waals surface area contributed by atoms with Crippen molar-refractivity contribution in [3.8, 4) is 0 Å². The fraction of sp³-hybridized carbons (Fsp3) is 0.524. The Morgan fingerprint density at radius 1 is 1.15 bits per heavy atom. The van der Waals surface area contributed by atoms with Crippen LogP contribution < -0.4 is 0 Å². The molecule has 1 fully saturated rings. The summed E-state index contributed by atoms with van der Waals surface area (Å²) in [5.74, 6) is 1.10. The Morgan fingerprint density at radius 2 is 1.81 bits per heavy atom. The van der Waals surface area contributed by atoms with Gasteiger partial charge in [0, 0.05) is 37.4 Å². The molecule has 2 amide bonds. The van der Waals surface area contributed by atoms with E-state index in [4.69, 9.17) is 4.42 Å². The molecule has 0 bridgehead atoms. The Bertz CT molecular complexity index is 754. The smallest absolute Gasteiger partial charge is 0.226 e. The van der Waals surface area contributed by atoms with Gasteiger partial charge < -0.3 is 14.2 Å². The van der Waals surface area contributed by atoms with Gasteiger partial charge in [-0.2, -0.15) is 0 Å². The largest absolute Gasteiger partial charge is 0.459 e. The highest BCUT2D eigenvalue weighted by Gasteiger charge is 2.32. The lowest BCUT2D eigenvalue weighted by atomic mass is 9.94. The lowest BCUT2D eigenvalue weighted by molar-refractivity contribution is -0.142. The van der Waals surface area contributed by atoms with Gasteiger partial charge in [-0.25, -0.2) is 0 Å². The molecule has 0 spiro atoms. The van der Waals surface area contributed by atoms with Crippen molar-refractivity contribution in [3.63, 3.8) is 0 Å². The first-order valence-corrected chi connectivity index (χ1v) is 9.42. The lowest BCUT2D eigenvalue weighted by Gasteiger charge is -2.35. The topological polar surface area (TPSA) is 53.8 Å². The number of para-hydroxylation sites is 1. The lowest BCUT2D eigenvalue weighted by Crippen LogP contribution is -2.45. The van der Waals surface area contributed by atoms with Crippen molar-refractivity contribution in [1.82, 2.24) is 9.80 Å². The first-order valence-electron chi connectivity index (χ1n) is 9.42. The molecule has 0 aliphatic carbocycles. The monoisotopic (exact) mass is 356 g/mol. The molecule has 5 nitrogen and oxygen atoms in total. The average molecular weight is 356 g/mol. The molecule has 5 heteroatoms. The zero-order chi connectivity index (χ0) is 18.8. The number of amides is 2. The van der Waals surface area contributed by atoms with Crippen LogP contribution in [0.5, 0.6) is 0 Å². The first kappa shape index (κ1) is 18.5. The molecular weight excluding hydrogens is 328 g/mol. The molecule has 1 unspecified atom stereocenters. The number of carbonyl (C=O) groups excluding carboxylic acids is 2. The molecule has 0 N–H and O–H groups in total. The summed E-state index contributed by atoms with van der Waals surface area (Å²) in [4.78, 5) is 28.7. The molecule has 1 aliphatic heterocycles. The maximum Gasteiger partial charge on any atom is 0.226 e. The van der Waals surface area contributed by atoms with E-state index < -0.39 is 0 Å². The van der Waals surface area contributed by atoms with E-state index in [9.17, 15) is 9.59 Å². The number of likely N-dealkylation sites (tertiary alicyclic amines) is 1. The van der Waals surface area contributed by atoms with E-state index in [1.54, 1.807) is 4.90 Å². The number of hydrogen-bond acceptors (Lipinski definition) is 3. The molecule has 0 saturated carbocycles. The summed E-state index contributed by atoms with van der Waals surface area (Å²) in [7, 11) is 1.84. The summed E-state index contributed by atoms with van der Waals surface area (Å²) in [6.45, 7) is 7.17. The molecule has 1 aliphatic rings. The maximum absolute atomic E-state index is 12.9. The van der Waals surface area contributed by atoms with Gasteiger partial charge in [-0.1, -0.05) is 32.0 Å². The van der Waals surface area contributed by atoms with E-state index in [-0.39, 0.29) is 29.7 Å². The SMILES string of the molecule is CC(C)C(=O)N1CCC(C(=O)N(C)C(C)c2cc3ccccc3o2)CC1. The maximum atomic E-state index is 12.9. The fourth-order valence-electron chi connectivity index (χ4n) is 3.59. The molecule has 26 heavy (non-hydrogen) atoms. The predicted octanol–water partition coefficient (Wildman–Crippen LogP) is 3.85. The average Bonchev–Trinajstić information content (AvgIpc) is 3.09. The predicted molar refractivity (Wildman–Crippen MR) is 102 cm³/mol. The van der Waals surface area contributed by atoms with E-state index in [2.05, 4.69) is 0 Å². The molecule has 1 saturated heterocycles. The summed E-state index contributed by atoms with van der Waals surface area (Å²) >= 11 is 0. The summed E-state index contributed by atoms with van der Waals surface area (Å²) in [5, 5.41) is 1.05. The Labute approximate surface area is 154 Å². The van der Waals surface area contributed by atoms with Gasteiger partial charge in [0.2, 0.25) is 11.8 Å². The van der Waals surface area contributed by atoms with Crippen LogP contribution in [0.3, 0.4) is 0 Å². The second-order valence-electron chi connectivity index (χ2n) is 7.57. The van der Waals surface area contributed by atoms with Crippen molar-refractivity contribution in [2.45, 2.75) is 39.7 Å². The molecule has 3 rings (SSSR count). The molecule has 2 aromatic rings. The molecule has 1 aromatic carbocycles. The van der Waals surface area contributed by atoms with Gasteiger partial charge in [-0.15, -0.1) is 0 Å². The van der Waals surface area contributed by atoms with Crippen LogP contribution in [-0.4, -0.2) is 41.8 Å². The number of hydrogen-bond donors (Lipinski definition) is 0. The highest BCUT2D eigenvalue weighted by atomic mass is 16.3. The van der Waals surface area contributed by atoms with Gasteiger partial charge >= 0.3 is 0 Å². The summed E-state index contributed by atoms with van der Waals surface area (Å²) < 4.78 is 5.92. The fourth-order valence-corrected chi connectivity index (χ4v) is 3.59. The van der Waals surface area contributed by atoms with E-state index in [1.165, 1.54) is 0 Å². The van der Waals surface area contributed by atoms with Crippen molar-refractivity contribution < 1.29 is 14.0 Å². The second kappa shape index (κ2) is 7.52. The Kier molecular flexibility index (Phi) is 5.35. The number of piperidine rings is 1. The van der Waals surface area contributed by atoms with Gasteiger partial charge in [-0.05, 0) is 31.9 Å². The van der Waals surface area contributed by atoms with Crippen LogP contribution >= 0.6 is 0 Å². The third kappa shape index (κ3) is 3.62. The number of carbonyl (C=O) groups is 2. The van der Waals surface area contributed by atoms with Crippen LogP contribution in [0.1, 0.15) is 45.4 Å². The standard InChI is InChI=1S/C21H28N2O3/c1-14(2)20(24)23-11-9-16(10-12-23)21(25)22(4)15(3)19-13-17-7-5-6-8-18(17)26-19/h5-8,13-16H,9-12H2,1-4H3. The number of benzene rings is 1. The molecule has 0 radical (unpaired) electrons. The van der Waals surface area contributed by atoms with Gasteiger partial charge in [0.05, 0.1) is 6.04 Å². The van der Waals surface area contributed by atoms with Crippen LogP contribution in [0, 0.1) is 11.8 Å². The van der Waals surface area contributed by atoms with Crippen molar-refractivity contribution in [2.24, 2.45) is 11.8 Å². The minimum absolute atomic E-state index is 0.0121.